The van der Waals surface area contributed by atoms with E-state index in [1.165, 1.54) is 19.1 Å². The number of carbonyl (C=O) groups is 2. The van der Waals surface area contributed by atoms with Crippen LogP contribution in [0.5, 0.6) is 0 Å². The van der Waals surface area contributed by atoms with Gasteiger partial charge in [0.05, 0.1) is 0 Å². The van der Waals surface area contributed by atoms with Crippen LogP contribution in [0.15, 0.2) is 41.1 Å². The molecule has 1 atom stereocenters. The summed E-state index contributed by atoms with van der Waals surface area (Å²) in [7, 11) is 0. The third-order valence-electron chi connectivity index (χ3n) is 3.26. The van der Waals surface area contributed by atoms with E-state index < -0.39 is 12.1 Å². The number of nitrogens with one attached hydrogen (secondary N) is 1. The third kappa shape index (κ3) is 5.83. The normalized spacial score (nSPS) is 11.7. The van der Waals surface area contributed by atoms with Crippen LogP contribution in [0.25, 0.3) is 0 Å². The van der Waals surface area contributed by atoms with Gasteiger partial charge in [-0.2, -0.15) is 11.3 Å². The number of ether oxygens (including phenoxy) is 1. The quantitative estimate of drug-likeness (QED) is 0.791. The van der Waals surface area contributed by atoms with Gasteiger partial charge < -0.3 is 10.1 Å². The van der Waals surface area contributed by atoms with Crippen LogP contribution in [0.3, 0.4) is 0 Å². The molecule has 1 aromatic carbocycles. The fourth-order valence-electron chi connectivity index (χ4n) is 1.93. The maximum atomic E-state index is 12.8. The van der Waals surface area contributed by atoms with E-state index in [4.69, 9.17) is 4.74 Å². The highest BCUT2D eigenvalue weighted by molar-refractivity contribution is 7.07. The van der Waals surface area contributed by atoms with Gasteiger partial charge in [-0.1, -0.05) is 12.1 Å². The summed E-state index contributed by atoms with van der Waals surface area (Å²) in [5.41, 5.74) is 1.86. The van der Waals surface area contributed by atoms with Gasteiger partial charge >= 0.3 is 5.97 Å². The molecule has 0 spiro atoms. The van der Waals surface area contributed by atoms with Crippen molar-refractivity contribution < 1.29 is 18.7 Å². The number of amides is 1. The molecular weight excluding hydrogens is 317 g/mol. The molecule has 2 rings (SSSR count). The first kappa shape index (κ1) is 17.1. The molecule has 4 nitrogen and oxygen atoms in total. The molecule has 1 aromatic heterocycles. The summed E-state index contributed by atoms with van der Waals surface area (Å²) < 4.78 is 17.9. The van der Waals surface area contributed by atoms with Gasteiger partial charge in [0.1, 0.15) is 5.82 Å². The molecule has 1 N–H and O–H groups in total. The number of hydrogen-bond acceptors (Lipinski definition) is 4. The molecule has 0 saturated carbocycles. The lowest BCUT2D eigenvalue weighted by Crippen LogP contribution is -2.35. The SMILES string of the molecule is C[C@@H](OC(=O)CCc1ccsc1)C(=O)NCc1ccc(F)cc1. The number of halogens is 1. The van der Waals surface area contributed by atoms with E-state index in [0.29, 0.717) is 6.42 Å². The molecule has 0 bridgehead atoms. The van der Waals surface area contributed by atoms with Crippen molar-refractivity contribution in [3.8, 4) is 0 Å². The lowest BCUT2D eigenvalue weighted by atomic mass is 10.2. The predicted octanol–water partition coefficient (Wildman–Crippen LogP) is 3.07. The number of rotatable bonds is 7. The number of aryl methyl sites for hydroxylation is 1. The topological polar surface area (TPSA) is 55.4 Å². The summed E-state index contributed by atoms with van der Waals surface area (Å²) in [6, 6.07) is 7.79. The standard InChI is InChI=1S/C17H18FNO3S/c1-12(22-16(20)7-4-14-8-9-23-11-14)17(21)19-10-13-2-5-15(18)6-3-13/h2-3,5-6,8-9,11-12H,4,7,10H2,1H3,(H,19,21)/t12-/m1/s1. The Balaban J connectivity index is 1.71. The molecule has 2 aromatic rings. The van der Waals surface area contributed by atoms with Crippen LogP contribution in [0.4, 0.5) is 4.39 Å². The minimum atomic E-state index is -0.856. The van der Waals surface area contributed by atoms with Crippen molar-refractivity contribution in [1.29, 1.82) is 0 Å². The molecule has 0 aliphatic rings. The Labute approximate surface area is 138 Å². The summed E-state index contributed by atoms with van der Waals surface area (Å²) in [4.78, 5) is 23.6. The molecule has 6 heteroatoms. The van der Waals surface area contributed by atoms with E-state index in [1.807, 2.05) is 16.8 Å². The molecule has 0 saturated heterocycles. The van der Waals surface area contributed by atoms with Crippen LogP contribution in [0.1, 0.15) is 24.5 Å². The number of hydrogen-bond donors (Lipinski definition) is 1. The fourth-order valence-corrected chi connectivity index (χ4v) is 2.63. The average molecular weight is 335 g/mol. The van der Waals surface area contributed by atoms with Crippen molar-refractivity contribution in [1.82, 2.24) is 5.32 Å². The number of thiophene rings is 1. The first-order chi connectivity index (χ1) is 11.0. The zero-order valence-electron chi connectivity index (χ0n) is 12.8. The molecule has 0 aliphatic carbocycles. The Morgan fingerprint density at radius 3 is 2.61 bits per heavy atom. The minimum Gasteiger partial charge on any atom is -0.453 e. The Morgan fingerprint density at radius 1 is 1.22 bits per heavy atom. The van der Waals surface area contributed by atoms with Gasteiger partial charge in [-0.3, -0.25) is 9.59 Å². The van der Waals surface area contributed by atoms with Crippen LogP contribution in [0.2, 0.25) is 0 Å². The van der Waals surface area contributed by atoms with Crippen molar-refractivity contribution in [3.05, 3.63) is 58.0 Å². The van der Waals surface area contributed by atoms with E-state index in [-0.39, 0.29) is 24.7 Å². The number of esters is 1. The molecule has 1 heterocycles. The predicted molar refractivity (Wildman–Crippen MR) is 86.4 cm³/mol. The highest BCUT2D eigenvalue weighted by atomic mass is 32.1. The first-order valence-corrected chi connectivity index (χ1v) is 8.21. The lowest BCUT2D eigenvalue weighted by molar-refractivity contribution is -0.154. The van der Waals surface area contributed by atoms with Crippen LogP contribution in [-0.2, 0) is 27.3 Å². The maximum absolute atomic E-state index is 12.8. The van der Waals surface area contributed by atoms with Crippen LogP contribution >= 0.6 is 11.3 Å². The first-order valence-electron chi connectivity index (χ1n) is 7.27. The second-order valence-electron chi connectivity index (χ2n) is 5.11. The second-order valence-corrected chi connectivity index (χ2v) is 5.89. The van der Waals surface area contributed by atoms with Crippen molar-refractivity contribution in [3.63, 3.8) is 0 Å². The Kier molecular flexibility index (Phi) is 6.29. The molecular formula is C17H18FNO3S. The highest BCUT2D eigenvalue weighted by Gasteiger charge is 2.17. The van der Waals surface area contributed by atoms with Gasteiger partial charge in [-0.05, 0) is 53.4 Å². The van der Waals surface area contributed by atoms with Gasteiger partial charge in [0, 0.05) is 13.0 Å². The number of benzene rings is 1. The maximum Gasteiger partial charge on any atom is 0.306 e. The molecule has 122 valence electrons. The Morgan fingerprint density at radius 2 is 1.96 bits per heavy atom. The van der Waals surface area contributed by atoms with Crippen molar-refractivity contribution in [2.75, 3.05) is 0 Å². The second kappa shape index (κ2) is 8.43. The fraction of sp³-hybridized carbons (Fsp3) is 0.294. The van der Waals surface area contributed by atoms with Crippen molar-refractivity contribution >= 4 is 23.2 Å². The van der Waals surface area contributed by atoms with E-state index in [9.17, 15) is 14.0 Å². The zero-order valence-corrected chi connectivity index (χ0v) is 13.6. The molecule has 0 aliphatic heterocycles. The summed E-state index contributed by atoms with van der Waals surface area (Å²) in [5, 5.41) is 6.59. The van der Waals surface area contributed by atoms with Crippen LogP contribution in [-0.4, -0.2) is 18.0 Å². The van der Waals surface area contributed by atoms with Crippen molar-refractivity contribution in [2.45, 2.75) is 32.4 Å². The third-order valence-corrected chi connectivity index (χ3v) is 3.99. The average Bonchev–Trinajstić information content (AvgIpc) is 3.05. The molecule has 0 fully saturated rings. The molecule has 23 heavy (non-hydrogen) atoms. The summed E-state index contributed by atoms with van der Waals surface area (Å²) >= 11 is 1.58. The van der Waals surface area contributed by atoms with Crippen LogP contribution in [0, 0.1) is 5.82 Å². The number of carbonyl (C=O) groups excluding carboxylic acids is 2. The molecule has 0 radical (unpaired) electrons. The highest BCUT2D eigenvalue weighted by Crippen LogP contribution is 2.09. The zero-order chi connectivity index (χ0) is 16.7. The minimum absolute atomic E-state index is 0.242. The van der Waals surface area contributed by atoms with Gasteiger partial charge in [0.25, 0.3) is 5.91 Å². The Hall–Kier alpha value is -2.21. The largest absolute Gasteiger partial charge is 0.453 e. The van der Waals surface area contributed by atoms with Gasteiger partial charge in [-0.25, -0.2) is 4.39 Å². The molecule has 1 amide bonds. The summed E-state index contributed by atoms with van der Waals surface area (Å²) in [6.45, 7) is 1.79. The van der Waals surface area contributed by atoms with Crippen LogP contribution < -0.4 is 5.32 Å². The summed E-state index contributed by atoms with van der Waals surface area (Å²) in [6.07, 6.45) is -0.0103. The van der Waals surface area contributed by atoms with Gasteiger partial charge in [0.15, 0.2) is 6.10 Å². The monoisotopic (exact) mass is 335 g/mol. The van der Waals surface area contributed by atoms with E-state index >= 15 is 0 Å². The smallest absolute Gasteiger partial charge is 0.306 e. The molecule has 0 unspecified atom stereocenters. The van der Waals surface area contributed by atoms with E-state index in [2.05, 4.69) is 5.32 Å². The summed E-state index contributed by atoms with van der Waals surface area (Å²) in [5.74, 6) is -1.10. The van der Waals surface area contributed by atoms with E-state index in [1.54, 1.807) is 23.5 Å². The van der Waals surface area contributed by atoms with Gasteiger partial charge in [0.2, 0.25) is 0 Å². The van der Waals surface area contributed by atoms with E-state index in [0.717, 1.165) is 11.1 Å². The Bertz CT molecular complexity index is 640. The van der Waals surface area contributed by atoms with Crippen molar-refractivity contribution in [2.24, 2.45) is 0 Å². The lowest BCUT2D eigenvalue weighted by Gasteiger charge is -2.13. The van der Waals surface area contributed by atoms with Gasteiger partial charge in [-0.15, -0.1) is 0 Å².